The number of aromatic amines is 1. The molecule has 4 heterocycles. The first-order valence-corrected chi connectivity index (χ1v) is 9.65. The summed E-state index contributed by atoms with van der Waals surface area (Å²) in [5.41, 5.74) is 0.222. The molecule has 28 heavy (non-hydrogen) atoms. The van der Waals surface area contributed by atoms with Gasteiger partial charge in [-0.2, -0.15) is 0 Å². The maximum atomic E-state index is 13.2. The number of hydrogen-bond donors (Lipinski definition) is 1. The van der Waals surface area contributed by atoms with Crippen LogP contribution < -0.4 is 5.56 Å². The van der Waals surface area contributed by atoms with Crippen molar-refractivity contribution in [1.29, 1.82) is 0 Å². The summed E-state index contributed by atoms with van der Waals surface area (Å²) < 4.78 is 0. The highest BCUT2D eigenvalue weighted by Gasteiger charge is 2.38. The molecule has 0 spiro atoms. The van der Waals surface area contributed by atoms with E-state index >= 15 is 0 Å². The molecule has 1 aromatic carbocycles. The van der Waals surface area contributed by atoms with Gasteiger partial charge in [-0.3, -0.25) is 19.3 Å². The minimum absolute atomic E-state index is 0.0259. The fourth-order valence-corrected chi connectivity index (χ4v) is 4.21. The Balaban J connectivity index is 1.57. The van der Waals surface area contributed by atoms with E-state index in [2.05, 4.69) is 14.9 Å². The fraction of sp³-hybridized carbons (Fsp3) is 0.500. The average Bonchev–Trinajstić information content (AvgIpc) is 2.98. The van der Waals surface area contributed by atoms with Crippen molar-refractivity contribution in [2.75, 3.05) is 40.3 Å². The third-order valence-corrected chi connectivity index (χ3v) is 5.72. The summed E-state index contributed by atoms with van der Waals surface area (Å²) in [6, 6.07) is 7.04. The molecule has 0 unspecified atom stereocenters. The third-order valence-electron chi connectivity index (χ3n) is 5.72. The summed E-state index contributed by atoms with van der Waals surface area (Å²) >= 11 is 0. The van der Waals surface area contributed by atoms with Gasteiger partial charge in [0.15, 0.2) is 5.82 Å². The molecular formula is C20H25N5O3. The van der Waals surface area contributed by atoms with Crippen molar-refractivity contribution in [2.45, 2.75) is 18.9 Å². The largest absolute Gasteiger partial charge is 0.348 e. The van der Waals surface area contributed by atoms with Gasteiger partial charge >= 0.3 is 0 Å². The van der Waals surface area contributed by atoms with Crippen LogP contribution in [0.1, 0.15) is 23.5 Å². The molecule has 2 bridgehead atoms. The summed E-state index contributed by atoms with van der Waals surface area (Å²) in [5.74, 6) is 0.245. The fourth-order valence-electron chi connectivity index (χ4n) is 4.21. The van der Waals surface area contributed by atoms with Gasteiger partial charge in [0.2, 0.25) is 5.91 Å². The van der Waals surface area contributed by atoms with E-state index in [0.717, 1.165) is 19.4 Å². The van der Waals surface area contributed by atoms with Crippen molar-refractivity contribution < 1.29 is 9.59 Å². The van der Waals surface area contributed by atoms with E-state index in [-0.39, 0.29) is 29.2 Å². The summed E-state index contributed by atoms with van der Waals surface area (Å²) in [5, 5.41) is 0.477. The molecular weight excluding hydrogens is 358 g/mol. The van der Waals surface area contributed by atoms with E-state index in [1.165, 1.54) is 0 Å². The molecule has 3 aliphatic rings. The molecule has 0 aliphatic carbocycles. The minimum atomic E-state index is -0.299. The predicted molar refractivity (Wildman–Crippen MR) is 105 cm³/mol. The lowest BCUT2D eigenvalue weighted by Crippen LogP contribution is -2.48. The maximum absolute atomic E-state index is 13.2. The summed E-state index contributed by atoms with van der Waals surface area (Å²) in [7, 11) is 3.51. The maximum Gasteiger partial charge on any atom is 0.290 e. The lowest BCUT2D eigenvalue weighted by Gasteiger charge is -2.35. The van der Waals surface area contributed by atoms with E-state index in [4.69, 9.17) is 0 Å². The quantitative estimate of drug-likeness (QED) is 0.836. The summed E-state index contributed by atoms with van der Waals surface area (Å²) in [6.45, 7) is 2.47. The highest BCUT2D eigenvalue weighted by Crippen LogP contribution is 2.28. The highest BCUT2D eigenvalue weighted by atomic mass is 16.2. The van der Waals surface area contributed by atoms with Crippen LogP contribution in [0.3, 0.4) is 0 Å². The van der Waals surface area contributed by atoms with Crippen LogP contribution in [0, 0.1) is 5.92 Å². The second kappa shape index (κ2) is 7.35. The Kier molecular flexibility index (Phi) is 4.89. The highest BCUT2D eigenvalue weighted by molar-refractivity contribution is 5.93. The normalized spacial score (nSPS) is 22.3. The first kappa shape index (κ1) is 18.6. The Bertz CT molecular complexity index is 970. The first-order chi connectivity index (χ1) is 13.4. The van der Waals surface area contributed by atoms with Crippen molar-refractivity contribution in [2.24, 2.45) is 5.92 Å². The van der Waals surface area contributed by atoms with Gasteiger partial charge < -0.3 is 14.8 Å². The number of carbonyl (C=O) groups excluding carboxylic acids is 2. The zero-order valence-electron chi connectivity index (χ0n) is 16.2. The van der Waals surface area contributed by atoms with Crippen molar-refractivity contribution in [3.63, 3.8) is 0 Å². The van der Waals surface area contributed by atoms with E-state index < -0.39 is 0 Å². The lowest BCUT2D eigenvalue weighted by atomic mass is 9.95. The number of nitrogens with zero attached hydrogens (tertiary/aromatic N) is 4. The minimum Gasteiger partial charge on any atom is -0.348 e. The lowest BCUT2D eigenvalue weighted by molar-refractivity contribution is -0.129. The van der Waals surface area contributed by atoms with E-state index in [9.17, 15) is 14.4 Å². The smallest absolute Gasteiger partial charge is 0.290 e. The molecule has 148 valence electrons. The van der Waals surface area contributed by atoms with Crippen LogP contribution in [0.4, 0.5) is 0 Å². The number of H-pyrrole nitrogens is 1. The second-order valence-corrected chi connectivity index (χ2v) is 7.97. The van der Waals surface area contributed by atoms with E-state index in [1.807, 2.05) is 4.90 Å². The zero-order valence-corrected chi connectivity index (χ0v) is 16.2. The third kappa shape index (κ3) is 3.52. The second-order valence-electron chi connectivity index (χ2n) is 7.97. The van der Waals surface area contributed by atoms with Gasteiger partial charge in [-0.25, -0.2) is 4.98 Å². The molecule has 8 nitrogen and oxygen atoms in total. The molecule has 2 atom stereocenters. The Morgan fingerprint density at radius 3 is 2.75 bits per heavy atom. The Hall–Kier alpha value is -2.74. The van der Waals surface area contributed by atoms with Crippen LogP contribution in [0.15, 0.2) is 29.1 Å². The van der Waals surface area contributed by atoms with Crippen LogP contribution in [0.2, 0.25) is 0 Å². The number of carbonyl (C=O) groups is 2. The van der Waals surface area contributed by atoms with Crippen molar-refractivity contribution in [3.05, 3.63) is 40.4 Å². The van der Waals surface area contributed by atoms with Gasteiger partial charge in [-0.1, -0.05) is 12.1 Å². The molecule has 3 aliphatic heterocycles. The number of aromatic nitrogens is 2. The number of fused-ring (bicyclic) bond motifs is 5. The number of amides is 2. The van der Waals surface area contributed by atoms with Crippen molar-refractivity contribution in [1.82, 2.24) is 24.7 Å². The number of likely N-dealkylation sites (N-methyl/N-ethyl adjacent to an activating group) is 1. The molecule has 0 saturated carbocycles. The van der Waals surface area contributed by atoms with Crippen molar-refractivity contribution >= 4 is 22.7 Å². The van der Waals surface area contributed by atoms with Gasteiger partial charge in [-0.05, 0) is 30.9 Å². The molecule has 8 heteroatoms. The molecule has 1 aromatic heterocycles. The standard InChI is InChI=1S/C20H25N5O3/c1-23(2)17(26)12-24-9-13-7-8-14(11-24)25(10-13)20(28)18-21-16-6-4-3-5-15(16)19(27)22-18/h3-6,13-14H,7-12H2,1-2H3,(H,21,22,27)/t13-,14+/m1/s1. The van der Waals surface area contributed by atoms with Crippen LogP contribution in [-0.4, -0.2) is 82.8 Å². The van der Waals surface area contributed by atoms with Crippen LogP contribution in [0.25, 0.3) is 10.9 Å². The Morgan fingerprint density at radius 2 is 1.96 bits per heavy atom. The van der Waals surface area contributed by atoms with Crippen LogP contribution >= 0.6 is 0 Å². The number of nitrogens with one attached hydrogen (secondary N) is 1. The van der Waals surface area contributed by atoms with Gasteiger partial charge in [0.1, 0.15) is 0 Å². The van der Waals surface area contributed by atoms with Crippen LogP contribution in [-0.2, 0) is 4.79 Å². The number of para-hydroxylation sites is 1. The number of piperidine rings is 1. The van der Waals surface area contributed by atoms with Gasteiger partial charge in [0.05, 0.1) is 17.4 Å². The molecule has 1 N–H and O–H groups in total. The van der Waals surface area contributed by atoms with Gasteiger partial charge in [-0.15, -0.1) is 0 Å². The Labute approximate surface area is 163 Å². The van der Waals surface area contributed by atoms with Crippen LogP contribution in [0.5, 0.6) is 0 Å². The summed E-state index contributed by atoms with van der Waals surface area (Å²) in [6.07, 6.45) is 1.95. The molecule has 2 aromatic rings. The topological polar surface area (TPSA) is 89.6 Å². The number of rotatable bonds is 3. The predicted octanol–water partition coefficient (Wildman–Crippen LogP) is 0.548. The van der Waals surface area contributed by atoms with Crippen molar-refractivity contribution in [3.8, 4) is 0 Å². The molecule has 0 radical (unpaired) electrons. The number of benzene rings is 1. The first-order valence-electron chi connectivity index (χ1n) is 9.65. The Morgan fingerprint density at radius 1 is 1.18 bits per heavy atom. The molecule has 3 fully saturated rings. The molecule has 2 amide bonds. The molecule has 3 saturated heterocycles. The van der Waals surface area contributed by atoms with Gasteiger partial charge in [0.25, 0.3) is 11.5 Å². The average molecular weight is 383 g/mol. The molecule has 5 rings (SSSR count). The van der Waals surface area contributed by atoms with E-state index in [0.29, 0.717) is 36.5 Å². The number of hydrogen-bond acceptors (Lipinski definition) is 5. The monoisotopic (exact) mass is 383 g/mol. The SMILES string of the molecule is CN(C)C(=O)CN1C[C@H]2CC[C@@H](C1)N(C(=O)c1nc3ccccc3c(=O)[nH]1)C2. The van der Waals surface area contributed by atoms with E-state index in [1.54, 1.807) is 43.3 Å². The summed E-state index contributed by atoms with van der Waals surface area (Å²) in [4.78, 5) is 50.2. The van der Waals surface area contributed by atoms with Gasteiger partial charge in [0, 0.05) is 39.8 Å². The zero-order chi connectivity index (χ0) is 19.8.